The van der Waals surface area contributed by atoms with Gasteiger partial charge < -0.3 is 19.4 Å². The van der Waals surface area contributed by atoms with Crippen molar-refractivity contribution in [3.63, 3.8) is 0 Å². The van der Waals surface area contributed by atoms with Crippen LogP contribution in [0.5, 0.6) is 0 Å². The predicted molar refractivity (Wildman–Crippen MR) is 120 cm³/mol. The fraction of sp³-hybridized carbons (Fsp3) is 0.261. The number of rotatable bonds is 5. The van der Waals surface area contributed by atoms with Crippen molar-refractivity contribution < 1.29 is 22.4 Å². The lowest BCUT2D eigenvalue weighted by molar-refractivity contribution is 0.0723. The van der Waals surface area contributed by atoms with E-state index in [9.17, 15) is 13.2 Å². The van der Waals surface area contributed by atoms with Crippen molar-refractivity contribution in [2.45, 2.75) is 11.5 Å². The van der Waals surface area contributed by atoms with E-state index in [1.165, 1.54) is 22.0 Å². The Morgan fingerprint density at radius 3 is 2.41 bits per heavy atom. The van der Waals surface area contributed by atoms with Crippen LogP contribution in [0.2, 0.25) is 0 Å². The summed E-state index contributed by atoms with van der Waals surface area (Å²) in [5.74, 6) is -0.568. The Kier molecular flexibility index (Phi) is 5.46. The topological polar surface area (TPSA) is 92.1 Å². The van der Waals surface area contributed by atoms with E-state index in [-0.39, 0.29) is 23.9 Å². The van der Waals surface area contributed by atoms with Gasteiger partial charge in [-0.1, -0.05) is 30.3 Å². The number of amides is 1. The summed E-state index contributed by atoms with van der Waals surface area (Å²) in [6.07, 6.45) is 0.930. The average molecular weight is 454 g/mol. The summed E-state index contributed by atoms with van der Waals surface area (Å²) in [4.78, 5) is 15.1. The van der Waals surface area contributed by atoms with Crippen LogP contribution in [0.15, 0.2) is 70.2 Å². The van der Waals surface area contributed by atoms with Gasteiger partial charge in [0.2, 0.25) is 5.09 Å². The second-order valence-corrected chi connectivity index (χ2v) is 9.51. The molecule has 1 fully saturated rings. The number of para-hydroxylation sites is 3. The SMILES string of the molecule is O=C(Nc1ccccc1N1CCc2ccccc21)c1ccc(S(=O)(=O)N2CCOCC2)o1. The molecule has 5 rings (SSSR count). The zero-order valence-corrected chi connectivity index (χ0v) is 18.2. The molecule has 8 nitrogen and oxygen atoms in total. The third-order valence-electron chi connectivity index (χ3n) is 5.70. The highest BCUT2D eigenvalue weighted by molar-refractivity contribution is 7.89. The molecule has 1 aromatic heterocycles. The van der Waals surface area contributed by atoms with E-state index in [1.807, 2.05) is 36.4 Å². The molecule has 0 radical (unpaired) electrons. The zero-order valence-electron chi connectivity index (χ0n) is 17.4. The van der Waals surface area contributed by atoms with Gasteiger partial charge >= 0.3 is 0 Å². The number of fused-ring (bicyclic) bond motifs is 1. The highest BCUT2D eigenvalue weighted by Crippen LogP contribution is 2.38. The van der Waals surface area contributed by atoms with Crippen LogP contribution in [0.25, 0.3) is 0 Å². The summed E-state index contributed by atoms with van der Waals surface area (Å²) in [7, 11) is -3.80. The maximum Gasteiger partial charge on any atom is 0.291 e. The minimum atomic E-state index is -3.80. The summed E-state index contributed by atoms with van der Waals surface area (Å²) >= 11 is 0. The average Bonchev–Trinajstić information content (AvgIpc) is 3.48. The first-order chi connectivity index (χ1) is 15.5. The van der Waals surface area contributed by atoms with Crippen LogP contribution in [-0.4, -0.2) is 51.5 Å². The van der Waals surface area contributed by atoms with Gasteiger partial charge in [0.25, 0.3) is 15.9 Å². The normalized spacial score (nSPS) is 16.7. The number of morpholine rings is 1. The first kappa shape index (κ1) is 20.7. The van der Waals surface area contributed by atoms with E-state index in [0.717, 1.165) is 24.3 Å². The van der Waals surface area contributed by atoms with E-state index in [2.05, 4.69) is 22.3 Å². The third kappa shape index (κ3) is 3.79. The Morgan fingerprint density at radius 2 is 1.59 bits per heavy atom. The lowest BCUT2D eigenvalue weighted by Gasteiger charge is -2.24. The molecule has 2 aliphatic rings. The monoisotopic (exact) mass is 453 g/mol. The Bertz CT molecular complexity index is 1250. The van der Waals surface area contributed by atoms with Crippen LogP contribution in [0, 0.1) is 0 Å². The molecule has 2 aliphatic heterocycles. The van der Waals surface area contributed by atoms with Gasteiger partial charge in [-0.3, -0.25) is 4.79 Å². The number of hydrogen-bond donors (Lipinski definition) is 1. The fourth-order valence-electron chi connectivity index (χ4n) is 4.08. The van der Waals surface area contributed by atoms with Gasteiger partial charge in [-0.2, -0.15) is 4.31 Å². The largest absolute Gasteiger partial charge is 0.438 e. The van der Waals surface area contributed by atoms with E-state index in [1.54, 1.807) is 0 Å². The van der Waals surface area contributed by atoms with Crippen LogP contribution in [-0.2, 0) is 21.2 Å². The van der Waals surface area contributed by atoms with Crippen LogP contribution < -0.4 is 10.2 Å². The maximum atomic E-state index is 12.9. The summed E-state index contributed by atoms with van der Waals surface area (Å²) < 4.78 is 37.5. The van der Waals surface area contributed by atoms with Gasteiger partial charge in [0, 0.05) is 25.3 Å². The van der Waals surface area contributed by atoms with E-state index >= 15 is 0 Å². The molecule has 0 atom stereocenters. The molecule has 3 heterocycles. The van der Waals surface area contributed by atoms with Crippen molar-refractivity contribution in [1.82, 2.24) is 4.31 Å². The van der Waals surface area contributed by atoms with Crippen molar-refractivity contribution in [3.05, 3.63) is 72.0 Å². The summed E-state index contributed by atoms with van der Waals surface area (Å²) in [5, 5.41) is 2.63. The quantitative estimate of drug-likeness (QED) is 0.638. The second kappa shape index (κ2) is 8.42. The number of nitrogens with one attached hydrogen (secondary N) is 1. The molecule has 0 saturated carbocycles. The smallest absolute Gasteiger partial charge is 0.291 e. The number of ether oxygens (including phenoxy) is 1. The van der Waals surface area contributed by atoms with Crippen molar-refractivity contribution in [1.29, 1.82) is 0 Å². The number of carbonyl (C=O) groups excluding carboxylic acids is 1. The lowest BCUT2D eigenvalue weighted by Crippen LogP contribution is -2.40. The fourth-order valence-corrected chi connectivity index (χ4v) is 5.40. The molecule has 0 aliphatic carbocycles. The van der Waals surface area contributed by atoms with Gasteiger partial charge in [0.15, 0.2) is 5.76 Å². The summed E-state index contributed by atoms with van der Waals surface area (Å²) in [6.45, 7) is 2.01. The van der Waals surface area contributed by atoms with Crippen molar-refractivity contribution in [3.8, 4) is 0 Å². The van der Waals surface area contributed by atoms with Gasteiger partial charge in [-0.05, 0) is 42.3 Å². The zero-order chi connectivity index (χ0) is 22.1. The summed E-state index contributed by atoms with van der Waals surface area (Å²) in [5.41, 5.74) is 3.88. The number of benzene rings is 2. The summed E-state index contributed by atoms with van der Waals surface area (Å²) in [6, 6.07) is 18.4. The third-order valence-corrected chi connectivity index (χ3v) is 7.47. The highest BCUT2D eigenvalue weighted by Gasteiger charge is 2.30. The van der Waals surface area contributed by atoms with Crippen molar-refractivity contribution >= 4 is 33.0 Å². The first-order valence-electron chi connectivity index (χ1n) is 10.5. The molecule has 0 spiro atoms. The van der Waals surface area contributed by atoms with Gasteiger partial charge in [-0.25, -0.2) is 8.42 Å². The molecule has 0 bridgehead atoms. The molecule has 32 heavy (non-hydrogen) atoms. The number of carbonyl (C=O) groups is 1. The Labute approximate surface area is 186 Å². The minimum absolute atomic E-state index is 0.0616. The van der Waals surface area contributed by atoms with Gasteiger partial charge in [-0.15, -0.1) is 0 Å². The number of hydrogen-bond acceptors (Lipinski definition) is 6. The molecule has 9 heteroatoms. The Balaban J connectivity index is 1.37. The standard InChI is InChI=1S/C23H23N3O5S/c27-23(21-9-10-22(31-21)32(28,29)25-13-15-30-16-14-25)24-18-6-2-4-8-20(18)26-12-11-17-5-1-3-7-19(17)26/h1-10H,11-16H2,(H,24,27). The molecular weight excluding hydrogens is 430 g/mol. The van der Waals surface area contributed by atoms with E-state index in [4.69, 9.17) is 9.15 Å². The molecule has 1 amide bonds. The molecule has 166 valence electrons. The molecular formula is C23H23N3O5S. The van der Waals surface area contributed by atoms with E-state index in [0.29, 0.717) is 18.9 Å². The second-order valence-electron chi connectivity index (χ2n) is 7.64. The predicted octanol–water partition coefficient (Wildman–Crippen LogP) is 3.25. The lowest BCUT2D eigenvalue weighted by atomic mass is 10.1. The maximum absolute atomic E-state index is 12.9. The van der Waals surface area contributed by atoms with Gasteiger partial charge in [0.1, 0.15) is 0 Å². The van der Waals surface area contributed by atoms with Crippen molar-refractivity contribution in [2.75, 3.05) is 43.1 Å². The molecule has 3 aromatic rings. The first-order valence-corrected chi connectivity index (χ1v) is 11.9. The number of anilines is 3. The molecule has 0 unspecified atom stereocenters. The number of sulfonamides is 1. The van der Waals surface area contributed by atoms with Crippen LogP contribution >= 0.6 is 0 Å². The molecule has 1 saturated heterocycles. The molecule has 2 aromatic carbocycles. The Morgan fingerprint density at radius 1 is 0.875 bits per heavy atom. The molecule has 1 N–H and O–H groups in total. The Hall–Kier alpha value is -3.14. The number of nitrogens with zero attached hydrogens (tertiary/aromatic N) is 2. The van der Waals surface area contributed by atoms with Crippen LogP contribution in [0.3, 0.4) is 0 Å². The van der Waals surface area contributed by atoms with Crippen LogP contribution in [0.1, 0.15) is 16.1 Å². The minimum Gasteiger partial charge on any atom is -0.438 e. The van der Waals surface area contributed by atoms with Crippen LogP contribution in [0.4, 0.5) is 17.1 Å². The van der Waals surface area contributed by atoms with Gasteiger partial charge in [0.05, 0.1) is 24.6 Å². The van der Waals surface area contributed by atoms with E-state index < -0.39 is 15.9 Å². The van der Waals surface area contributed by atoms with Crippen molar-refractivity contribution in [2.24, 2.45) is 0 Å². The highest BCUT2D eigenvalue weighted by atomic mass is 32.2. The number of furan rings is 1.